The fourth-order valence-corrected chi connectivity index (χ4v) is 4.59. The van der Waals surface area contributed by atoms with Gasteiger partial charge < -0.3 is 15.8 Å². The number of ether oxygens (including phenoxy) is 1. The first-order valence-electron chi connectivity index (χ1n) is 9.77. The van der Waals surface area contributed by atoms with Gasteiger partial charge in [-0.1, -0.05) is 42.5 Å². The van der Waals surface area contributed by atoms with Gasteiger partial charge in [0, 0.05) is 17.4 Å². The van der Waals surface area contributed by atoms with Crippen LogP contribution in [0, 0.1) is 6.92 Å². The lowest BCUT2D eigenvalue weighted by molar-refractivity contribution is -0.115. The predicted octanol–water partition coefficient (Wildman–Crippen LogP) is 4.28. The van der Waals surface area contributed by atoms with Crippen molar-refractivity contribution >= 4 is 51.6 Å². The summed E-state index contributed by atoms with van der Waals surface area (Å²) in [6, 6.07) is 17.2. The topological polar surface area (TPSA) is 93.4 Å². The predicted molar refractivity (Wildman–Crippen MR) is 133 cm³/mol. The van der Waals surface area contributed by atoms with E-state index in [-0.39, 0.29) is 5.11 Å². The van der Waals surface area contributed by atoms with E-state index in [1.807, 2.05) is 49.4 Å². The van der Waals surface area contributed by atoms with Crippen molar-refractivity contribution in [3.05, 3.63) is 87.8 Å². The molecule has 3 rings (SSSR count). The van der Waals surface area contributed by atoms with Crippen molar-refractivity contribution in [3.8, 4) is 5.75 Å². The van der Waals surface area contributed by atoms with Gasteiger partial charge in [-0.2, -0.15) is 0 Å². The lowest BCUT2D eigenvalue weighted by Crippen LogP contribution is -2.33. The van der Waals surface area contributed by atoms with E-state index in [1.54, 1.807) is 25.3 Å². The standard InChI is InChI=1S/C24H23N3O3S2/c1-15-19(14-17-6-4-3-5-7-17)32-23(21(15)22(25)29)27-24(31)26-20(28)13-10-16-8-11-18(30-2)12-9-16/h3-13H,14H2,1-2H3,(H2,25,29)(H2,26,27,28,31). The van der Waals surface area contributed by atoms with E-state index < -0.39 is 11.8 Å². The van der Waals surface area contributed by atoms with Crippen LogP contribution in [0.3, 0.4) is 0 Å². The molecule has 2 amide bonds. The highest BCUT2D eigenvalue weighted by Gasteiger charge is 2.20. The second-order valence-electron chi connectivity index (χ2n) is 6.93. The zero-order valence-electron chi connectivity index (χ0n) is 17.7. The lowest BCUT2D eigenvalue weighted by atomic mass is 10.1. The molecule has 0 saturated carbocycles. The Hall–Kier alpha value is -3.49. The van der Waals surface area contributed by atoms with Gasteiger partial charge in [0.15, 0.2) is 5.11 Å². The average Bonchev–Trinajstić information content (AvgIpc) is 3.07. The number of amides is 2. The first-order chi connectivity index (χ1) is 15.4. The molecule has 0 aliphatic carbocycles. The molecule has 0 aliphatic heterocycles. The molecule has 0 atom stereocenters. The summed E-state index contributed by atoms with van der Waals surface area (Å²) in [7, 11) is 1.59. The minimum absolute atomic E-state index is 0.0874. The van der Waals surface area contributed by atoms with Gasteiger partial charge in [0.25, 0.3) is 5.91 Å². The molecule has 4 N–H and O–H groups in total. The Morgan fingerprint density at radius 2 is 1.81 bits per heavy atom. The number of hydrogen-bond donors (Lipinski definition) is 3. The van der Waals surface area contributed by atoms with Crippen LogP contribution in [-0.4, -0.2) is 24.0 Å². The zero-order chi connectivity index (χ0) is 23.1. The largest absolute Gasteiger partial charge is 0.497 e. The second-order valence-corrected chi connectivity index (χ2v) is 8.44. The van der Waals surface area contributed by atoms with Crippen LogP contribution in [0.25, 0.3) is 6.08 Å². The maximum Gasteiger partial charge on any atom is 0.251 e. The molecule has 0 unspecified atom stereocenters. The zero-order valence-corrected chi connectivity index (χ0v) is 19.3. The van der Waals surface area contributed by atoms with Gasteiger partial charge in [0.1, 0.15) is 10.8 Å². The summed E-state index contributed by atoms with van der Waals surface area (Å²) in [6.45, 7) is 1.86. The molecule has 0 bridgehead atoms. The molecule has 1 heterocycles. The summed E-state index contributed by atoms with van der Waals surface area (Å²) in [5, 5.41) is 6.15. The van der Waals surface area contributed by atoms with Crippen molar-refractivity contribution < 1.29 is 14.3 Å². The number of thiophene rings is 1. The Balaban J connectivity index is 1.68. The maximum absolute atomic E-state index is 12.2. The van der Waals surface area contributed by atoms with Gasteiger partial charge in [0.05, 0.1) is 12.7 Å². The Bertz CT molecular complexity index is 1150. The van der Waals surface area contributed by atoms with E-state index in [4.69, 9.17) is 22.7 Å². The minimum Gasteiger partial charge on any atom is -0.497 e. The van der Waals surface area contributed by atoms with E-state index in [2.05, 4.69) is 10.6 Å². The summed E-state index contributed by atoms with van der Waals surface area (Å²) in [6.07, 6.45) is 3.72. The summed E-state index contributed by atoms with van der Waals surface area (Å²) in [5.74, 6) is -0.203. The van der Waals surface area contributed by atoms with E-state index in [0.717, 1.165) is 27.3 Å². The van der Waals surface area contributed by atoms with Crippen molar-refractivity contribution in [2.45, 2.75) is 13.3 Å². The van der Waals surface area contributed by atoms with Crippen molar-refractivity contribution in [2.75, 3.05) is 12.4 Å². The molecule has 2 aromatic carbocycles. The number of hydrogen-bond acceptors (Lipinski definition) is 5. The third-order valence-electron chi connectivity index (χ3n) is 4.71. The number of anilines is 1. The first-order valence-corrected chi connectivity index (χ1v) is 11.0. The molecular weight excluding hydrogens is 442 g/mol. The number of thiocarbonyl (C=S) groups is 1. The Morgan fingerprint density at radius 3 is 2.44 bits per heavy atom. The molecule has 0 fully saturated rings. The lowest BCUT2D eigenvalue weighted by Gasteiger charge is -2.07. The third-order valence-corrected chi connectivity index (χ3v) is 6.12. The maximum atomic E-state index is 12.2. The van der Waals surface area contributed by atoms with Crippen LogP contribution in [0.5, 0.6) is 5.75 Å². The van der Waals surface area contributed by atoms with Crippen LogP contribution in [0.15, 0.2) is 60.7 Å². The molecule has 0 saturated heterocycles. The highest BCUT2D eigenvalue weighted by Crippen LogP contribution is 2.34. The number of carbonyl (C=O) groups excluding carboxylic acids is 2. The summed E-state index contributed by atoms with van der Waals surface area (Å²) < 4.78 is 5.11. The molecule has 32 heavy (non-hydrogen) atoms. The number of methoxy groups -OCH3 is 1. The number of primary amides is 1. The number of rotatable bonds is 7. The van der Waals surface area contributed by atoms with Gasteiger partial charge in [-0.25, -0.2) is 0 Å². The van der Waals surface area contributed by atoms with Gasteiger partial charge in [-0.15, -0.1) is 11.3 Å². The number of nitrogens with two attached hydrogens (primary N) is 1. The van der Waals surface area contributed by atoms with Gasteiger partial charge in [0.2, 0.25) is 5.91 Å². The van der Waals surface area contributed by atoms with Crippen molar-refractivity contribution in [2.24, 2.45) is 5.73 Å². The Labute approximate surface area is 196 Å². The van der Waals surface area contributed by atoms with Crippen LogP contribution in [0.4, 0.5) is 5.00 Å². The number of benzene rings is 2. The summed E-state index contributed by atoms with van der Waals surface area (Å²) in [5.41, 5.74) is 8.76. The smallest absolute Gasteiger partial charge is 0.251 e. The quantitative estimate of drug-likeness (QED) is 0.358. The third kappa shape index (κ3) is 6.03. The summed E-state index contributed by atoms with van der Waals surface area (Å²) >= 11 is 6.66. The molecule has 0 aliphatic rings. The van der Waals surface area contributed by atoms with Crippen molar-refractivity contribution in [1.82, 2.24) is 5.32 Å². The number of carbonyl (C=O) groups is 2. The number of nitrogens with one attached hydrogen (secondary N) is 2. The molecule has 1 aromatic heterocycles. The van der Waals surface area contributed by atoms with E-state index >= 15 is 0 Å². The van der Waals surface area contributed by atoms with E-state index in [9.17, 15) is 9.59 Å². The van der Waals surface area contributed by atoms with E-state index in [0.29, 0.717) is 17.0 Å². The summed E-state index contributed by atoms with van der Waals surface area (Å²) in [4.78, 5) is 25.3. The fourth-order valence-electron chi connectivity index (χ4n) is 3.07. The Kier molecular flexibility index (Phi) is 7.75. The molecule has 164 valence electrons. The molecule has 0 radical (unpaired) electrons. The van der Waals surface area contributed by atoms with Crippen molar-refractivity contribution in [1.29, 1.82) is 0 Å². The SMILES string of the molecule is COc1ccc(C=CC(=O)NC(=S)Nc2sc(Cc3ccccc3)c(C)c2C(N)=O)cc1. The molecule has 3 aromatic rings. The van der Waals surface area contributed by atoms with Crippen molar-refractivity contribution in [3.63, 3.8) is 0 Å². The first kappa shape index (κ1) is 23.2. The van der Waals surface area contributed by atoms with E-state index in [1.165, 1.54) is 17.4 Å². The fraction of sp³-hybridized carbons (Fsp3) is 0.125. The molecule has 6 nitrogen and oxygen atoms in total. The highest BCUT2D eigenvalue weighted by atomic mass is 32.1. The second kappa shape index (κ2) is 10.7. The molecular formula is C24H23N3O3S2. The molecule has 8 heteroatoms. The highest BCUT2D eigenvalue weighted by molar-refractivity contribution is 7.80. The van der Waals surface area contributed by atoms with Crippen LogP contribution in [0.1, 0.15) is 31.9 Å². The average molecular weight is 466 g/mol. The van der Waals surface area contributed by atoms with Gasteiger partial charge in [-0.3, -0.25) is 14.9 Å². The normalized spacial score (nSPS) is 10.7. The molecule has 0 spiro atoms. The Morgan fingerprint density at radius 1 is 1.12 bits per heavy atom. The van der Waals surface area contributed by atoms with Gasteiger partial charge >= 0.3 is 0 Å². The van der Waals surface area contributed by atoms with Crippen LogP contribution in [-0.2, 0) is 11.2 Å². The van der Waals surface area contributed by atoms with Crippen LogP contribution < -0.4 is 21.1 Å². The van der Waals surface area contributed by atoms with Crippen LogP contribution in [0.2, 0.25) is 0 Å². The minimum atomic E-state index is -0.547. The van der Waals surface area contributed by atoms with Crippen LogP contribution >= 0.6 is 23.6 Å². The monoisotopic (exact) mass is 465 g/mol. The van der Waals surface area contributed by atoms with Gasteiger partial charge in [-0.05, 0) is 54.0 Å².